The lowest BCUT2D eigenvalue weighted by Crippen LogP contribution is -2.18. The molecule has 0 amide bonds. The Morgan fingerprint density at radius 3 is 2.65 bits per heavy atom. The topological polar surface area (TPSA) is 63.3 Å². The Hall–Kier alpha value is -2.32. The van der Waals surface area contributed by atoms with Crippen molar-refractivity contribution in [2.24, 2.45) is 15.7 Å². The summed E-state index contributed by atoms with van der Waals surface area (Å²) in [6.45, 7) is -0.0118. The fourth-order valence-electron chi connectivity index (χ4n) is 2.83. The summed E-state index contributed by atoms with van der Waals surface area (Å²) >= 11 is 1.25. The quantitative estimate of drug-likeness (QED) is 0.500. The zero-order valence-electron chi connectivity index (χ0n) is 13.8. The van der Waals surface area contributed by atoms with Crippen LogP contribution in [0.3, 0.4) is 0 Å². The summed E-state index contributed by atoms with van der Waals surface area (Å²) in [5.74, 6) is -1.94. The summed E-state index contributed by atoms with van der Waals surface area (Å²) in [6.07, 6.45) is 2.12. The monoisotopic (exact) mass is 379 g/mol. The van der Waals surface area contributed by atoms with Gasteiger partial charge >= 0.3 is 0 Å². The molecular weight excluding hydrogens is 363 g/mol. The van der Waals surface area contributed by atoms with Crippen LogP contribution in [0.1, 0.15) is 17.2 Å². The number of hydrogen-bond acceptors (Lipinski definition) is 3. The molecule has 3 rings (SSSR count). The zero-order valence-corrected chi connectivity index (χ0v) is 14.6. The zero-order chi connectivity index (χ0) is 18.7. The van der Waals surface area contributed by atoms with Gasteiger partial charge in [0, 0.05) is 17.2 Å². The molecule has 1 aliphatic heterocycles. The summed E-state index contributed by atoms with van der Waals surface area (Å²) in [5, 5.41) is 0.372. The van der Waals surface area contributed by atoms with Crippen molar-refractivity contribution in [3.8, 4) is 0 Å². The Morgan fingerprint density at radius 2 is 2.00 bits per heavy atom. The standard InChI is InChI=1S/C18H16F3N3OS/c1-26-17(24-10-22)23-9-18(13-7-6-11(19)8-15(13)21)16(25-18)12-4-2-3-5-14(12)20/h2-8,10,16H,9H2,1H3,(H2,22,23,24)/t16-,18-/m1/s1. The van der Waals surface area contributed by atoms with Gasteiger partial charge in [0.05, 0.1) is 12.9 Å². The molecule has 136 valence electrons. The first kappa shape index (κ1) is 18.5. The van der Waals surface area contributed by atoms with E-state index in [0.717, 1.165) is 18.5 Å². The molecule has 0 aromatic heterocycles. The summed E-state index contributed by atoms with van der Waals surface area (Å²) in [7, 11) is 0. The average molecular weight is 379 g/mol. The Bertz CT molecular complexity index is 875. The molecule has 1 saturated heterocycles. The summed E-state index contributed by atoms with van der Waals surface area (Å²) in [5.41, 5.74) is 4.46. The lowest BCUT2D eigenvalue weighted by atomic mass is 9.91. The Morgan fingerprint density at radius 1 is 1.23 bits per heavy atom. The molecule has 2 aromatic carbocycles. The van der Waals surface area contributed by atoms with Gasteiger partial charge in [-0.05, 0) is 18.4 Å². The van der Waals surface area contributed by atoms with E-state index in [-0.39, 0.29) is 12.1 Å². The minimum absolute atomic E-state index is 0.0118. The second kappa shape index (κ2) is 7.51. The fraction of sp³-hybridized carbons (Fsp3) is 0.222. The van der Waals surface area contributed by atoms with Gasteiger partial charge in [0.2, 0.25) is 0 Å². The molecule has 2 aromatic rings. The predicted octanol–water partition coefficient (Wildman–Crippen LogP) is 3.78. The number of benzene rings is 2. The number of rotatable bonds is 4. The summed E-state index contributed by atoms with van der Waals surface area (Å²) in [6, 6.07) is 9.30. The van der Waals surface area contributed by atoms with Crippen molar-refractivity contribution in [3.05, 3.63) is 71.0 Å². The van der Waals surface area contributed by atoms with E-state index in [1.54, 1.807) is 24.5 Å². The minimum Gasteiger partial charge on any atom is -0.390 e. The van der Waals surface area contributed by atoms with E-state index >= 15 is 0 Å². The smallest absolute Gasteiger partial charge is 0.184 e. The first-order valence-electron chi connectivity index (χ1n) is 7.72. The van der Waals surface area contributed by atoms with Gasteiger partial charge in [-0.2, -0.15) is 0 Å². The number of nitrogens with two attached hydrogens (primary N) is 1. The fourth-order valence-corrected chi connectivity index (χ4v) is 3.19. The number of thioether (sulfide) groups is 1. The predicted molar refractivity (Wildman–Crippen MR) is 96.8 cm³/mol. The first-order chi connectivity index (χ1) is 12.5. The lowest BCUT2D eigenvalue weighted by Gasteiger charge is -2.13. The van der Waals surface area contributed by atoms with Crippen molar-refractivity contribution in [1.29, 1.82) is 0 Å². The van der Waals surface area contributed by atoms with E-state index in [2.05, 4.69) is 9.98 Å². The van der Waals surface area contributed by atoms with Gasteiger partial charge in [0.15, 0.2) is 5.17 Å². The molecular formula is C18H16F3N3OS. The second-order valence-electron chi connectivity index (χ2n) is 5.61. The summed E-state index contributed by atoms with van der Waals surface area (Å²) in [4.78, 5) is 8.21. The maximum absolute atomic E-state index is 14.4. The lowest BCUT2D eigenvalue weighted by molar-refractivity contribution is 0.295. The molecule has 1 aliphatic rings. The molecule has 0 bridgehead atoms. The van der Waals surface area contributed by atoms with Gasteiger partial charge in [-0.25, -0.2) is 18.2 Å². The maximum atomic E-state index is 14.4. The Balaban J connectivity index is 2.02. The van der Waals surface area contributed by atoms with Crippen molar-refractivity contribution >= 4 is 23.3 Å². The van der Waals surface area contributed by atoms with Crippen molar-refractivity contribution in [2.75, 3.05) is 12.8 Å². The molecule has 26 heavy (non-hydrogen) atoms. The number of amidine groups is 1. The molecule has 0 unspecified atom stereocenters. The van der Waals surface area contributed by atoms with Crippen LogP contribution in [-0.2, 0) is 10.3 Å². The van der Waals surface area contributed by atoms with Gasteiger partial charge < -0.3 is 10.5 Å². The van der Waals surface area contributed by atoms with Crippen molar-refractivity contribution in [3.63, 3.8) is 0 Å². The number of ether oxygens (including phenoxy) is 1. The highest BCUT2D eigenvalue weighted by Gasteiger charge is 2.60. The van der Waals surface area contributed by atoms with Gasteiger partial charge in [-0.15, -0.1) is 0 Å². The molecule has 2 atom stereocenters. The minimum atomic E-state index is -1.23. The number of halogens is 3. The van der Waals surface area contributed by atoms with E-state index in [0.29, 0.717) is 10.7 Å². The molecule has 4 nitrogen and oxygen atoms in total. The third-order valence-electron chi connectivity index (χ3n) is 4.09. The highest BCUT2D eigenvalue weighted by atomic mass is 32.2. The average Bonchev–Trinajstić information content (AvgIpc) is 3.34. The largest absolute Gasteiger partial charge is 0.390 e. The highest BCUT2D eigenvalue weighted by Crippen LogP contribution is 2.58. The van der Waals surface area contributed by atoms with Crippen molar-refractivity contribution in [2.45, 2.75) is 11.7 Å². The third kappa shape index (κ3) is 3.47. The summed E-state index contributed by atoms with van der Waals surface area (Å²) < 4.78 is 47.6. The van der Waals surface area contributed by atoms with Crippen LogP contribution in [0.4, 0.5) is 13.2 Å². The van der Waals surface area contributed by atoms with Crippen LogP contribution in [0.25, 0.3) is 0 Å². The highest BCUT2D eigenvalue weighted by molar-refractivity contribution is 8.13. The third-order valence-corrected chi connectivity index (χ3v) is 4.69. The van der Waals surface area contributed by atoms with Crippen molar-refractivity contribution < 1.29 is 17.9 Å². The van der Waals surface area contributed by atoms with Crippen molar-refractivity contribution in [1.82, 2.24) is 0 Å². The number of aliphatic imine (C=N–C) groups is 2. The van der Waals surface area contributed by atoms with Gasteiger partial charge in [0.1, 0.15) is 29.2 Å². The van der Waals surface area contributed by atoms with Crippen LogP contribution in [0.15, 0.2) is 52.4 Å². The molecule has 8 heteroatoms. The Labute approximate surface area is 153 Å². The molecule has 0 radical (unpaired) electrons. The van der Waals surface area contributed by atoms with Crippen LogP contribution < -0.4 is 5.73 Å². The normalized spacial score (nSPS) is 22.8. The van der Waals surface area contributed by atoms with Crippen LogP contribution in [0.5, 0.6) is 0 Å². The maximum Gasteiger partial charge on any atom is 0.184 e. The molecule has 0 aliphatic carbocycles. The van der Waals surface area contributed by atoms with Crippen LogP contribution >= 0.6 is 11.8 Å². The Kier molecular flexibility index (Phi) is 5.33. The molecule has 1 heterocycles. The second-order valence-corrected chi connectivity index (χ2v) is 6.39. The SMILES string of the molecule is CSC(=NC[C@]1(c2ccc(F)cc2F)O[C@@H]1c1ccccc1F)/N=C\N. The molecule has 2 N–H and O–H groups in total. The van der Waals surface area contributed by atoms with E-state index in [1.165, 1.54) is 23.9 Å². The molecule has 0 saturated carbocycles. The number of hydrogen-bond donors (Lipinski definition) is 1. The van der Waals surface area contributed by atoms with E-state index in [1.807, 2.05) is 0 Å². The number of nitrogens with zero attached hydrogens (tertiary/aromatic N) is 2. The van der Waals surface area contributed by atoms with Gasteiger partial charge in [-0.3, -0.25) is 4.99 Å². The molecule has 1 fully saturated rings. The van der Waals surface area contributed by atoms with E-state index in [9.17, 15) is 13.2 Å². The van der Waals surface area contributed by atoms with Crippen LogP contribution in [0.2, 0.25) is 0 Å². The van der Waals surface area contributed by atoms with Crippen LogP contribution in [0, 0.1) is 17.5 Å². The van der Waals surface area contributed by atoms with Gasteiger partial charge in [0.25, 0.3) is 0 Å². The molecule has 0 spiro atoms. The van der Waals surface area contributed by atoms with E-state index < -0.39 is 29.2 Å². The van der Waals surface area contributed by atoms with E-state index in [4.69, 9.17) is 10.5 Å². The first-order valence-corrected chi connectivity index (χ1v) is 8.95. The van der Waals surface area contributed by atoms with Gasteiger partial charge in [-0.1, -0.05) is 36.0 Å². The van der Waals surface area contributed by atoms with Crippen LogP contribution in [-0.4, -0.2) is 24.3 Å². The number of epoxide rings is 1.